The minimum absolute atomic E-state index is 0.000917. The summed E-state index contributed by atoms with van der Waals surface area (Å²) in [5.41, 5.74) is -2.05. The van der Waals surface area contributed by atoms with Gasteiger partial charge in [-0.2, -0.15) is 26.3 Å². The van der Waals surface area contributed by atoms with E-state index in [-0.39, 0.29) is 49.3 Å². The number of para-hydroxylation sites is 1. The van der Waals surface area contributed by atoms with Gasteiger partial charge in [-0.15, -0.1) is 0 Å². The van der Waals surface area contributed by atoms with Gasteiger partial charge in [0, 0.05) is 47.9 Å². The third-order valence-corrected chi connectivity index (χ3v) is 7.11. The molecule has 214 valence electrons. The van der Waals surface area contributed by atoms with Crippen molar-refractivity contribution in [3.05, 3.63) is 101 Å². The lowest BCUT2D eigenvalue weighted by Crippen LogP contribution is -2.57. The molecule has 5 rings (SSSR count). The molecule has 0 aliphatic carbocycles. The summed E-state index contributed by atoms with van der Waals surface area (Å²) in [4.78, 5) is 32.6. The van der Waals surface area contributed by atoms with E-state index in [1.165, 1.54) is 34.1 Å². The van der Waals surface area contributed by atoms with Crippen LogP contribution >= 0.6 is 0 Å². The van der Waals surface area contributed by atoms with Gasteiger partial charge in [0.25, 0.3) is 11.8 Å². The molecular formula is C29H23F6N3O3. The number of carbonyl (C=O) groups excluding carboxylic acids is 2. The Kier molecular flexibility index (Phi) is 7.18. The highest BCUT2D eigenvalue weighted by Gasteiger charge is 2.39. The summed E-state index contributed by atoms with van der Waals surface area (Å²) in [6.45, 7) is -0.135. The van der Waals surface area contributed by atoms with Gasteiger partial charge in [-0.3, -0.25) is 9.59 Å². The Bertz CT molecular complexity index is 1560. The molecule has 4 aromatic rings. The fourth-order valence-electron chi connectivity index (χ4n) is 5.07. The van der Waals surface area contributed by atoms with Crippen molar-refractivity contribution in [1.29, 1.82) is 0 Å². The average Bonchev–Trinajstić information content (AvgIpc) is 3.34. The number of phenols is 1. The molecule has 0 spiro atoms. The number of carbonyl (C=O) groups is 2. The molecule has 0 bridgehead atoms. The number of hydrogen-bond donors (Lipinski definition) is 2. The third-order valence-electron chi connectivity index (χ3n) is 7.11. The number of aromatic hydroxyl groups is 1. The molecule has 6 nitrogen and oxygen atoms in total. The molecule has 1 saturated heterocycles. The van der Waals surface area contributed by atoms with Crippen molar-refractivity contribution in [2.75, 3.05) is 19.6 Å². The number of nitrogens with zero attached hydrogens (tertiary/aromatic N) is 2. The summed E-state index contributed by atoms with van der Waals surface area (Å²) in [5, 5.41) is 10.4. The van der Waals surface area contributed by atoms with Crippen LogP contribution < -0.4 is 0 Å². The second kappa shape index (κ2) is 10.5. The van der Waals surface area contributed by atoms with E-state index in [9.17, 15) is 41.0 Å². The minimum Gasteiger partial charge on any atom is -0.508 e. The highest BCUT2D eigenvalue weighted by atomic mass is 19.4. The summed E-state index contributed by atoms with van der Waals surface area (Å²) in [7, 11) is 0. The van der Waals surface area contributed by atoms with E-state index >= 15 is 0 Å². The van der Waals surface area contributed by atoms with Crippen LogP contribution in [0.15, 0.2) is 72.9 Å². The lowest BCUT2D eigenvalue weighted by Gasteiger charge is -2.41. The number of halogens is 6. The van der Waals surface area contributed by atoms with E-state index in [2.05, 4.69) is 4.98 Å². The summed E-state index contributed by atoms with van der Waals surface area (Å²) in [5.74, 6) is -1.42. The third kappa shape index (κ3) is 5.86. The van der Waals surface area contributed by atoms with Crippen molar-refractivity contribution in [2.45, 2.75) is 24.8 Å². The Morgan fingerprint density at radius 3 is 2.10 bits per heavy atom. The highest BCUT2D eigenvalue weighted by molar-refractivity contribution is 5.96. The van der Waals surface area contributed by atoms with E-state index in [4.69, 9.17) is 0 Å². The van der Waals surface area contributed by atoms with Crippen LogP contribution in [-0.4, -0.2) is 57.4 Å². The molecule has 2 heterocycles. The summed E-state index contributed by atoms with van der Waals surface area (Å²) in [6, 6.07) is 13.0. The lowest BCUT2D eigenvalue weighted by molar-refractivity contribution is -0.143. The van der Waals surface area contributed by atoms with E-state index < -0.39 is 41.0 Å². The van der Waals surface area contributed by atoms with Gasteiger partial charge < -0.3 is 19.9 Å². The van der Waals surface area contributed by atoms with Crippen LogP contribution in [0.5, 0.6) is 5.75 Å². The first-order valence-corrected chi connectivity index (χ1v) is 12.5. The van der Waals surface area contributed by atoms with Gasteiger partial charge >= 0.3 is 12.4 Å². The van der Waals surface area contributed by atoms with Gasteiger partial charge in [-0.25, -0.2) is 0 Å². The maximum Gasteiger partial charge on any atom is 0.416 e. The smallest absolute Gasteiger partial charge is 0.416 e. The molecule has 0 radical (unpaired) electrons. The van der Waals surface area contributed by atoms with Gasteiger partial charge in [-0.1, -0.05) is 18.2 Å². The van der Waals surface area contributed by atoms with Crippen LogP contribution in [0.1, 0.15) is 37.4 Å². The Morgan fingerprint density at radius 1 is 0.829 bits per heavy atom. The first-order valence-electron chi connectivity index (χ1n) is 12.5. The van der Waals surface area contributed by atoms with Gasteiger partial charge in [0.2, 0.25) is 0 Å². The molecule has 41 heavy (non-hydrogen) atoms. The second-order valence-corrected chi connectivity index (χ2v) is 9.81. The highest BCUT2D eigenvalue weighted by Crippen LogP contribution is 2.37. The first-order chi connectivity index (χ1) is 19.3. The molecule has 1 aliphatic rings. The summed E-state index contributed by atoms with van der Waals surface area (Å²) in [6.07, 6.45) is -8.30. The number of amides is 2. The SMILES string of the molecule is O=C(c1ccc(O)cc1)N1CCN(C(=O)c2cc(C(F)(F)F)cc(C(F)(F)F)c2)[C@H](Cc2c[nH]c3ccccc23)C1. The number of nitrogens with one attached hydrogen (secondary N) is 1. The Hall–Kier alpha value is -4.48. The van der Waals surface area contributed by atoms with E-state index in [0.29, 0.717) is 12.1 Å². The molecule has 0 unspecified atom stereocenters. The van der Waals surface area contributed by atoms with Crippen molar-refractivity contribution >= 4 is 22.7 Å². The minimum atomic E-state index is -5.10. The number of piperazine rings is 1. The first kappa shape index (κ1) is 28.1. The molecule has 1 aromatic heterocycles. The number of phenolic OH excluding ortho intramolecular Hbond substituents is 1. The van der Waals surface area contributed by atoms with Crippen molar-refractivity contribution in [1.82, 2.24) is 14.8 Å². The maximum absolute atomic E-state index is 13.6. The summed E-state index contributed by atoms with van der Waals surface area (Å²) >= 11 is 0. The fraction of sp³-hybridized carbons (Fsp3) is 0.241. The van der Waals surface area contributed by atoms with Crippen LogP contribution in [0.2, 0.25) is 0 Å². The van der Waals surface area contributed by atoms with Crippen LogP contribution in [0.3, 0.4) is 0 Å². The molecule has 1 atom stereocenters. The Labute approximate surface area is 229 Å². The van der Waals surface area contributed by atoms with Crippen LogP contribution in [-0.2, 0) is 18.8 Å². The van der Waals surface area contributed by atoms with Gasteiger partial charge in [0.05, 0.1) is 17.2 Å². The topological polar surface area (TPSA) is 76.6 Å². The molecule has 12 heteroatoms. The van der Waals surface area contributed by atoms with E-state index in [1.54, 1.807) is 6.20 Å². The van der Waals surface area contributed by atoms with Crippen LogP contribution in [0, 0.1) is 0 Å². The molecular weight excluding hydrogens is 552 g/mol. The normalized spacial score (nSPS) is 16.3. The zero-order valence-electron chi connectivity index (χ0n) is 21.3. The zero-order chi connectivity index (χ0) is 29.5. The molecule has 1 fully saturated rings. The van der Waals surface area contributed by atoms with Gasteiger partial charge in [-0.05, 0) is 60.5 Å². The van der Waals surface area contributed by atoms with E-state index in [0.717, 1.165) is 16.5 Å². The number of aromatic nitrogens is 1. The van der Waals surface area contributed by atoms with Gasteiger partial charge in [0.1, 0.15) is 5.75 Å². The number of hydrogen-bond acceptors (Lipinski definition) is 3. The maximum atomic E-state index is 13.6. The predicted molar refractivity (Wildman–Crippen MR) is 137 cm³/mol. The molecule has 2 N–H and O–H groups in total. The molecule has 2 amide bonds. The summed E-state index contributed by atoms with van der Waals surface area (Å²) < 4.78 is 80.9. The molecule has 0 saturated carbocycles. The van der Waals surface area contributed by atoms with E-state index in [1.807, 2.05) is 24.3 Å². The standard InChI is InChI=1S/C29H23F6N3O3/c30-28(31,32)20-11-18(12-21(14-20)29(33,34)35)27(41)38-10-9-37(26(40)17-5-7-23(39)8-6-17)16-22(38)13-19-15-36-25-4-2-1-3-24(19)25/h1-8,11-12,14-15,22,36,39H,9-10,13,16H2/t22-/m1/s1. The number of aromatic amines is 1. The Morgan fingerprint density at radius 2 is 1.46 bits per heavy atom. The van der Waals surface area contributed by atoms with Crippen molar-refractivity contribution < 1.29 is 41.0 Å². The molecule has 1 aliphatic heterocycles. The predicted octanol–water partition coefficient (Wildman–Crippen LogP) is 6.12. The van der Waals surface area contributed by atoms with Crippen molar-refractivity contribution in [3.63, 3.8) is 0 Å². The fourth-order valence-corrected chi connectivity index (χ4v) is 5.07. The van der Waals surface area contributed by atoms with Crippen molar-refractivity contribution in [2.24, 2.45) is 0 Å². The zero-order valence-corrected chi connectivity index (χ0v) is 21.3. The average molecular weight is 576 g/mol. The quantitative estimate of drug-likeness (QED) is 0.288. The monoisotopic (exact) mass is 575 g/mol. The number of fused-ring (bicyclic) bond motifs is 1. The second-order valence-electron chi connectivity index (χ2n) is 9.81. The number of H-pyrrole nitrogens is 1. The van der Waals surface area contributed by atoms with Crippen LogP contribution in [0.25, 0.3) is 10.9 Å². The molecule has 3 aromatic carbocycles. The van der Waals surface area contributed by atoms with Crippen LogP contribution in [0.4, 0.5) is 26.3 Å². The number of benzene rings is 3. The lowest BCUT2D eigenvalue weighted by atomic mass is 9.98. The van der Waals surface area contributed by atoms with Crippen molar-refractivity contribution in [3.8, 4) is 5.75 Å². The number of alkyl halides is 6. The van der Waals surface area contributed by atoms with Gasteiger partial charge in [0.15, 0.2) is 0 Å². The largest absolute Gasteiger partial charge is 0.508 e. The number of rotatable bonds is 4. The Balaban J connectivity index is 1.51.